The van der Waals surface area contributed by atoms with Crippen molar-refractivity contribution in [3.8, 4) is 0 Å². The van der Waals surface area contributed by atoms with Crippen molar-refractivity contribution in [1.29, 1.82) is 0 Å². The Morgan fingerprint density at radius 3 is 2.87 bits per heavy atom. The molecule has 0 aliphatic carbocycles. The highest BCUT2D eigenvalue weighted by molar-refractivity contribution is 9.10. The van der Waals surface area contributed by atoms with Gasteiger partial charge in [0.2, 0.25) is 5.95 Å². The van der Waals surface area contributed by atoms with Gasteiger partial charge in [-0.3, -0.25) is 0 Å². The molecule has 2 aromatic rings. The molecule has 0 atom stereocenters. The summed E-state index contributed by atoms with van der Waals surface area (Å²) >= 11 is 3.42. The van der Waals surface area contributed by atoms with E-state index < -0.39 is 0 Å². The highest BCUT2D eigenvalue weighted by Crippen LogP contribution is 2.19. The van der Waals surface area contributed by atoms with E-state index in [0.717, 1.165) is 29.2 Å². The van der Waals surface area contributed by atoms with Gasteiger partial charge in [-0.15, -0.1) is 0 Å². The van der Waals surface area contributed by atoms with Crippen molar-refractivity contribution in [3.63, 3.8) is 0 Å². The van der Waals surface area contributed by atoms with Crippen LogP contribution in [0, 0.1) is 0 Å². The number of rotatable bonds is 1. The Labute approximate surface area is 95.3 Å². The summed E-state index contributed by atoms with van der Waals surface area (Å²) in [5.74, 6) is 0.807. The molecule has 1 aliphatic heterocycles. The number of anilines is 1. The van der Waals surface area contributed by atoms with Gasteiger partial charge in [0.05, 0.1) is 10.7 Å². The third-order valence-electron chi connectivity index (χ3n) is 2.60. The van der Waals surface area contributed by atoms with E-state index in [1.807, 2.05) is 0 Å². The lowest BCUT2D eigenvalue weighted by Gasteiger charge is -2.14. The molecule has 0 amide bonds. The molecule has 6 heteroatoms. The fourth-order valence-corrected chi connectivity index (χ4v) is 2.19. The van der Waals surface area contributed by atoms with Gasteiger partial charge in [-0.2, -0.15) is 10.1 Å². The Morgan fingerprint density at radius 1 is 1.27 bits per heavy atom. The first kappa shape index (κ1) is 9.08. The first-order valence-electron chi connectivity index (χ1n) is 4.95. The van der Waals surface area contributed by atoms with Gasteiger partial charge in [0.15, 0.2) is 5.65 Å². The zero-order chi connectivity index (χ0) is 10.3. The molecule has 5 nitrogen and oxygen atoms in total. The summed E-state index contributed by atoms with van der Waals surface area (Å²) in [5, 5.41) is 4.11. The predicted molar refractivity (Wildman–Crippen MR) is 59.9 cm³/mol. The number of hydrogen-bond donors (Lipinski definition) is 0. The summed E-state index contributed by atoms with van der Waals surface area (Å²) in [6, 6.07) is 0. The van der Waals surface area contributed by atoms with Crippen LogP contribution in [0.5, 0.6) is 0 Å². The lowest BCUT2D eigenvalue weighted by atomic mass is 10.4. The van der Waals surface area contributed by atoms with Gasteiger partial charge < -0.3 is 4.90 Å². The Balaban J connectivity index is 2.08. The quantitative estimate of drug-likeness (QED) is 0.786. The van der Waals surface area contributed by atoms with Crippen molar-refractivity contribution >= 4 is 27.5 Å². The molecule has 3 rings (SSSR count). The zero-order valence-corrected chi connectivity index (χ0v) is 9.68. The second-order valence-corrected chi connectivity index (χ2v) is 4.47. The Kier molecular flexibility index (Phi) is 2.09. The highest BCUT2D eigenvalue weighted by Gasteiger charge is 2.15. The summed E-state index contributed by atoms with van der Waals surface area (Å²) in [6.45, 7) is 2.11. The minimum absolute atomic E-state index is 0.807. The summed E-state index contributed by atoms with van der Waals surface area (Å²) in [6.07, 6.45) is 5.91. The highest BCUT2D eigenvalue weighted by atomic mass is 79.9. The molecule has 0 radical (unpaired) electrons. The Bertz CT molecular complexity index is 488. The lowest BCUT2D eigenvalue weighted by Crippen LogP contribution is -2.20. The second-order valence-electron chi connectivity index (χ2n) is 3.61. The van der Waals surface area contributed by atoms with Gasteiger partial charge >= 0.3 is 0 Å². The van der Waals surface area contributed by atoms with E-state index in [2.05, 4.69) is 35.9 Å². The molecule has 1 aliphatic rings. The number of halogens is 1. The first-order valence-corrected chi connectivity index (χ1v) is 5.75. The third-order valence-corrected chi connectivity index (χ3v) is 3.16. The van der Waals surface area contributed by atoms with Crippen LogP contribution in [-0.2, 0) is 0 Å². The van der Waals surface area contributed by atoms with Crippen LogP contribution >= 0.6 is 15.9 Å². The van der Waals surface area contributed by atoms with Crippen molar-refractivity contribution < 1.29 is 0 Å². The van der Waals surface area contributed by atoms with Gasteiger partial charge in [0.25, 0.3) is 0 Å². The van der Waals surface area contributed by atoms with Gasteiger partial charge in [0.1, 0.15) is 6.33 Å². The standard InChI is InChI=1S/C9H10BrN5/c10-7-5-12-15-6-11-9(13-8(7)15)14-3-1-2-4-14/h5-6H,1-4H2. The average Bonchev–Trinajstić information content (AvgIpc) is 2.88. The molecule has 3 heterocycles. The van der Waals surface area contributed by atoms with Crippen molar-refractivity contribution in [2.45, 2.75) is 12.8 Å². The van der Waals surface area contributed by atoms with Crippen LogP contribution in [-0.4, -0.2) is 32.7 Å². The molecular weight excluding hydrogens is 258 g/mol. The van der Waals surface area contributed by atoms with Gasteiger partial charge in [-0.05, 0) is 28.8 Å². The van der Waals surface area contributed by atoms with Crippen molar-refractivity contribution in [3.05, 3.63) is 17.0 Å². The number of aromatic nitrogens is 4. The van der Waals surface area contributed by atoms with Crippen LogP contribution in [0.2, 0.25) is 0 Å². The Hall–Kier alpha value is -1.17. The van der Waals surface area contributed by atoms with Crippen LogP contribution < -0.4 is 4.90 Å². The molecular formula is C9H10BrN5. The van der Waals surface area contributed by atoms with Gasteiger partial charge in [-0.1, -0.05) is 0 Å². The van der Waals surface area contributed by atoms with E-state index in [0.29, 0.717) is 0 Å². The maximum absolute atomic E-state index is 4.49. The van der Waals surface area contributed by atoms with Gasteiger partial charge in [0, 0.05) is 13.1 Å². The monoisotopic (exact) mass is 267 g/mol. The molecule has 0 unspecified atom stereocenters. The molecule has 0 spiro atoms. The normalized spacial score (nSPS) is 16.5. The number of nitrogens with zero attached hydrogens (tertiary/aromatic N) is 5. The van der Waals surface area contributed by atoms with E-state index in [9.17, 15) is 0 Å². The Morgan fingerprint density at radius 2 is 2.07 bits per heavy atom. The fourth-order valence-electron chi connectivity index (χ4n) is 1.82. The van der Waals surface area contributed by atoms with Crippen molar-refractivity contribution in [2.75, 3.05) is 18.0 Å². The number of hydrogen-bond acceptors (Lipinski definition) is 4. The lowest BCUT2D eigenvalue weighted by molar-refractivity contribution is 0.843. The maximum Gasteiger partial charge on any atom is 0.228 e. The minimum atomic E-state index is 0.807. The van der Waals surface area contributed by atoms with E-state index in [4.69, 9.17) is 0 Å². The van der Waals surface area contributed by atoms with E-state index in [1.165, 1.54) is 12.8 Å². The molecule has 1 saturated heterocycles. The zero-order valence-electron chi connectivity index (χ0n) is 8.10. The number of fused-ring (bicyclic) bond motifs is 1. The predicted octanol–water partition coefficient (Wildman–Crippen LogP) is 1.49. The molecule has 0 N–H and O–H groups in total. The van der Waals surface area contributed by atoms with E-state index in [-0.39, 0.29) is 0 Å². The van der Waals surface area contributed by atoms with Gasteiger partial charge in [-0.25, -0.2) is 9.50 Å². The van der Waals surface area contributed by atoms with Crippen LogP contribution in [0.4, 0.5) is 5.95 Å². The molecule has 0 aromatic carbocycles. The van der Waals surface area contributed by atoms with E-state index >= 15 is 0 Å². The molecule has 78 valence electrons. The summed E-state index contributed by atoms with van der Waals surface area (Å²) in [5.41, 5.74) is 0.826. The topological polar surface area (TPSA) is 46.3 Å². The molecule has 2 aromatic heterocycles. The minimum Gasteiger partial charge on any atom is -0.341 e. The molecule has 0 bridgehead atoms. The van der Waals surface area contributed by atoms with Crippen LogP contribution in [0.3, 0.4) is 0 Å². The fraction of sp³-hybridized carbons (Fsp3) is 0.444. The van der Waals surface area contributed by atoms with Crippen LogP contribution in [0.25, 0.3) is 5.65 Å². The smallest absolute Gasteiger partial charge is 0.228 e. The van der Waals surface area contributed by atoms with E-state index in [1.54, 1.807) is 17.0 Å². The average molecular weight is 268 g/mol. The van der Waals surface area contributed by atoms with Crippen LogP contribution in [0.1, 0.15) is 12.8 Å². The molecule has 1 fully saturated rings. The second kappa shape index (κ2) is 3.44. The SMILES string of the molecule is Brc1cnn2cnc(N3CCCC3)nc12. The van der Waals surface area contributed by atoms with Crippen molar-refractivity contribution in [1.82, 2.24) is 19.6 Å². The molecule has 0 saturated carbocycles. The maximum atomic E-state index is 4.49. The van der Waals surface area contributed by atoms with Crippen molar-refractivity contribution in [2.24, 2.45) is 0 Å². The third kappa shape index (κ3) is 1.49. The molecule has 15 heavy (non-hydrogen) atoms. The largest absolute Gasteiger partial charge is 0.341 e. The van der Waals surface area contributed by atoms with Crippen LogP contribution in [0.15, 0.2) is 17.0 Å². The summed E-state index contributed by atoms with van der Waals surface area (Å²) in [7, 11) is 0. The summed E-state index contributed by atoms with van der Waals surface area (Å²) < 4.78 is 2.58. The first-order chi connectivity index (χ1) is 7.34. The summed E-state index contributed by atoms with van der Waals surface area (Å²) in [4.78, 5) is 11.0.